The number of piperidine rings is 1. The Hall–Kier alpha value is -0.875. The normalized spacial score (nSPS) is 20.2. The van der Waals surface area contributed by atoms with Crippen LogP contribution in [0.15, 0.2) is 0 Å². The van der Waals surface area contributed by atoms with E-state index in [1.165, 1.54) is 0 Å². The van der Waals surface area contributed by atoms with Gasteiger partial charge in [0.05, 0.1) is 0 Å². The minimum Gasteiger partial charge on any atom is -0.480 e. The largest absolute Gasteiger partial charge is 0.480 e. The van der Waals surface area contributed by atoms with Crippen LogP contribution in [0.5, 0.6) is 0 Å². The zero-order chi connectivity index (χ0) is 14.3. The molecule has 1 aliphatic heterocycles. The van der Waals surface area contributed by atoms with Gasteiger partial charge < -0.3 is 15.7 Å². The molecule has 0 aliphatic carbocycles. The Balaban J connectivity index is 2.40. The minimum atomic E-state index is -1.11. The minimum absolute atomic E-state index is 0.302. The van der Waals surface area contributed by atoms with Crippen LogP contribution in [-0.4, -0.2) is 54.8 Å². The molecule has 0 aromatic rings. The van der Waals surface area contributed by atoms with Gasteiger partial charge >= 0.3 is 5.97 Å². The lowest BCUT2D eigenvalue weighted by Crippen LogP contribution is -2.50. The van der Waals surface area contributed by atoms with Crippen LogP contribution in [0.1, 0.15) is 38.5 Å². The number of nitrogens with zero attached hydrogens (tertiary/aromatic N) is 1. The van der Waals surface area contributed by atoms with E-state index in [2.05, 4.69) is 12.7 Å². The summed E-state index contributed by atoms with van der Waals surface area (Å²) in [4.78, 5) is 24.6. The molecule has 6 heteroatoms. The van der Waals surface area contributed by atoms with Gasteiger partial charge in [0.25, 0.3) is 0 Å². The number of hydrogen-bond acceptors (Lipinski definition) is 4. The summed E-state index contributed by atoms with van der Waals surface area (Å²) < 4.78 is 0. The first-order valence-corrected chi connectivity index (χ1v) is 7.24. The Kier molecular flexibility index (Phi) is 6.52. The van der Waals surface area contributed by atoms with Crippen molar-refractivity contribution in [3.8, 4) is 0 Å². The molecule has 0 aromatic heterocycles. The third-order valence-corrected chi connectivity index (χ3v) is 3.94. The number of rotatable bonds is 8. The van der Waals surface area contributed by atoms with Gasteiger partial charge in [-0.25, -0.2) is 0 Å². The summed E-state index contributed by atoms with van der Waals surface area (Å²) in [5.41, 5.74) is 4.92. The summed E-state index contributed by atoms with van der Waals surface area (Å²) >= 11 is 0. The number of aliphatic carboxylic acids is 1. The van der Waals surface area contributed by atoms with Gasteiger partial charge in [-0.3, -0.25) is 9.59 Å². The van der Waals surface area contributed by atoms with E-state index in [1.54, 1.807) is 0 Å². The van der Waals surface area contributed by atoms with Gasteiger partial charge in [0, 0.05) is 32.5 Å². The van der Waals surface area contributed by atoms with Gasteiger partial charge in [0.1, 0.15) is 19.2 Å². The fourth-order valence-electron chi connectivity index (χ4n) is 2.41. The van der Waals surface area contributed by atoms with Crippen molar-refractivity contribution in [2.24, 2.45) is 5.73 Å². The van der Waals surface area contributed by atoms with Crippen molar-refractivity contribution >= 4 is 19.6 Å². The zero-order valence-electron chi connectivity index (χ0n) is 11.9. The Labute approximate surface area is 115 Å². The quantitative estimate of drug-likeness (QED) is 0.480. The monoisotopic (exact) mass is 268 g/mol. The van der Waals surface area contributed by atoms with Crippen LogP contribution in [0, 0.1) is 0 Å². The van der Waals surface area contributed by atoms with Gasteiger partial charge in [-0.1, -0.05) is 19.2 Å². The molecule has 1 unspecified atom stereocenters. The highest BCUT2D eigenvalue weighted by Gasteiger charge is 2.33. The van der Waals surface area contributed by atoms with Crippen molar-refractivity contribution in [2.75, 3.05) is 19.6 Å². The van der Waals surface area contributed by atoms with Crippen LogP contribution in [0.2, 0.25) is 6.32 Å². The number of ketones is 1. The van der Waals surface area contributed by atoms with Crippen molar-refractivity contribution < 1.29 is 14.7 Å². The van der Waals surface area contributed by atoms with Crippen LogP contribution < -0.4 is 5.73 Å². The standard InChI is InChI=1S/C13H25BN2O3/c14-7-2-1-5-13(15,12(18)19)6-10-16-8-3-11(17)4-9-16/h1-10,14-15H2,(H,18,19). The highest BCUT2D eigenvalue weighted by atomic mass is 16.4. The third-order valence-electron chi connectivity index (χ3n) is 3.94. The molecule has 1 saturated heterocycles. The molecule has 1 heterocycles. The SMILES string of the molecule is BCCCCC(N)(CCN1CCC(=O)CC1)C(=O)O. The van der Waals surface area contributed by atoms with Crippen molar-refractivity contribution in [3.63, 3.8) is 0 Å². The van der Waals surface area contributed by atoms with Crippen LogP contribution >= 0.6 is 0 Å². The number of hydrogen-bond donors (Lipinski definition) is 2. The Bertz CT molecular complexity index is 315. The predicted octanol–water partition coefficient (Wildman–Crippen LogP) is 0.0452. The molecule has 0 spiro atoms. The third kappa shape index (κ3) is 5.32. The van der Waals surface area contributed by atoms with E-state index in [-0.39, 0.29) is 0 Å². The number of likely N-dealkylation sites (tertiary alicyclic amines) is 1. The van der Waals surface area contributed by atoms with E-state index in [0.717, 1.165) is 32.3 Å². The smallest absolute Gasteiger partial charge is 0.323 e. The van der Waals surface area contributed by atoms with Crippen LogP contribution in [-0.2, 0) is 9.59 Å². The van der Waals surface area contributed by atoms with Crippen LogP contribution in [0.4, 0.5) is 0 Å². The van der Waals surface area contributed by atoms with Crippen LogP contribution in [0.25, 0.3) is 0 Å². The highest BCUT2D eigenvalue weighted by molar-refractivity contribution is 6.08. The second kappa shape index (κ2) is 7.65. The fourth-order valence-corrected chi connectivity index (χ4v) is 2.41. The molecule has 0 bridgehead atoms. The highest BCUT2D eigenvalue weighted by Crippen LogP contribution is 2.18. The van der Waals surface area contributed by atoms with Crippen molar-refractivity contribution in [3.05, 3.63) is 0 Å². The summed E-state index contributed by atoms with van der Waals surface area (Å²) in [6, 6.07) is 0. The summed E-state index contributed by atoms with van der Waals surface area (Å²) in [6.07, 6.45) is 5.09. The van der Waals surface area contributed by atoms with Crippen molar-refractivity contribution in [1.29, 1.82) is 0 Å². The molecule has 1 aliphatic rings. The topological polar surface area (TPSA) is 83.6 Å². The van der Waals surface area contributed by atoms with Gasteiger partial charge in [0.15, 0.2) is 0 Å². The predicted molar refractivity (Wildman–Crippen MR) is 77.1 cm³/mol. The number of carbonyl (C=O) groups is 2. The second-order valence-corrected chi connectivity index (χ2v) is 5.55. The summed E-state index contributed by atoms with van der Waals surface area (Å²) in [6.45, 7) is 2.15. The van der Waals surface area contributed by atoms with E-state index in [1.807, 2.05) is 0 Å². The van der Waals surface area contributed by atoms with E-state index in [0.29, 0.717) is 38.0 Å². The van der Waals surface area contributed by atoms with E-state index in [9.17, 15) is 14.7 Å². The Morgan fingerprint density at radius 1 is 1.32 bits per heavy atom. The molecule has 1 fully saturated rings. The van der Waals surface area contributed by atoms with Crippen molar-refractivity contribution in [2.45, 2.75) is 50.4 Å². The maximum Gasteiger partial charge on any atom is 0.323 e. The Morgan fingerprint density at radius 3 is 2.47 bits per heavy atom. The number of nitrogens with two attached hydrogens (primary N) is 1. The first kappa shape index (κ1) is 16.2. The molecule has 0 saturated carbocycles. The second-order valence-electron chi connectivity index (χ2n) is 5.55. The average molecular weight is 268 g/mol. The Morgan fingerprint density at radius 2 is 1.95 bits per heavy atom. The van der Waals surface area contributed by atoms with E-state index < -0.39 is 11.5 Å². The van der Waals surface area contributed by atoms with Gasteiger partial charge in [-0.15, -0.1) is 0 Å². The van der Waals surface area contributed by atoms with Gasteiger partial charge in [0.2, 0.25) is 0 Å². The van der Waals surface area contributed by atoms with Crippen LogP contribution in [0.3, 0.4) is 0 Å². The maximum absolute atomic E-state index is 11.3. The summed E-state index contributed by atoms with van der Waals surface area (Å²) in [7, 11) is 2.09. The number of unbranched alkanes of at least 4 members (excludes halogenated alkanes) is 1. The maximum atomic E-state index is 11.3. The molecule has 3 N–H and O–H groups in total. The number of carboxylic acids is 1. The molecular formula is C13H25BN2O3. The van der Waals surface area contributed by atoms with Crippen molar-refractivity contribution in [1.82, 2.24) is 4.90 Å². The lowest BCUT2D eigenvalue weighted by atomic mass is 9.87. The first-order chi connectivity index (χ1) is 8.98. The lowest BCUT2D eigenvalue weighted by molar-refractivity contribution is -0.144. The fraction of sp³-hybridized carbons (Fsp3) is 0.846. The molecule has 1 atom stereocenters. The molecule has 19 heavy (non-hydrogen) atoms. The van der Waals surface area contributed by atoms with E-state index >= 15 is 0 Å². The summed E-state index contributed by atoms with van der Waals surface area (Å²) in [5.74, 6) is -0.604. The molecule has 5 nitrogen and oxygen atoms in total. The van der Waals surface area contributed by atoms with E-state index in [4.69, 9.17) is 5.73 Å². The molecule has 0 radical (unpaired) electrons. The zero-order valence-corrected chi connectivity index (χ0v) is 11.9. The molecule has 0 amide bonds. The number of carboxylic acid groups (broad SMARTS) is 1. The number of carbonyl (C=O) groups excluding carboxylic acids is 1. The molecular weight excluding hydrogens is 243 g/mol. The average Bonchev–Trinajstić information content (AvgIpc) is 2.38. The lowest BCUT2D eigenvalue weighted by Gasteiger charge is -2.31. The number of Topliss-reactive ketones (excluding diaryl/α,β-unsaturated/α-hetero) is 1. The summed E-state index contributed by atoms with van der Waals surface area (Å²) in [5, 5.41) is 9.31. The van der Waals surface area contributed by atoms with Gasteiger partial charge in [-0.05, 0) is 12.8 Å². The molecule has 0 aromatic carbocycles. The first-order valence-electron chi connectivity index (χ1n) is 7.24. The molecule has 1 rings (SSSR count). The van der Waals surface area contributed by atoms with Gasteiger partial charge in [-0.2, -0.15) is 0 Å². The molecule has 108 valence electrons.